The summed E-state index contributed by atoms with van der Waals surface area (Å²) in [6, 6.07) is 0. The van der Waals surface area contributed by atoms with E-state index in [1.54, 1.807) is 0 Å². The first-order chi connectivity index (χ1) is 23.0. The largest absolute Gasteiger partial charge is 0.481 e. The number of rotatable bonds is 40. The van der Waals surface area contributed by atoms with Crippen molar-refractivity contribution in [3.63, 3.8) is 0 Å². The summed E-state index contributed by atoms with van der Waals surface area (Å²) in [6.45, 7) is 4.57. The lowest BCUT2D eigenvalue weighted by molar-refractivity contribution is -0.137. The number of carbonyl (C=O) groups is 2. The summed E-state index contributed by atoms with van der Waals surface area (Å²) in [5.41, 5.74) is 0. The number of carboxylic acids is 2. The van der Waals surface area contributed by atoms with Gasteiger partial charge in [-0.1, -0.05) is 206 Å². The zero-order chi connectivity index (χ0) is 34.5. The van der Waals surface area contributed by atoms with Gasteiger partial charge in [-0.3, -0.25) is 9.59 Å². The fraction of sp³-hybridized carbons (Fsp3) is 0.952. The second-order valence-electron chi connectivity index (χ2n) is 14.9. The zero-order valence-electron chi connectivity index (χ0n) is 32.0. The van der Waals surface area contributed by atoms with Crippen molar-refractivity contribution >= 4 is 22.0 Å². The molecule has 0 saturated carbocycles. The van der Waals surface area contributed by atoms with Gasteiger partial charge in [0.2, 0.25) is 0 Å². The lowest BCUT2D eigenvalue weighted by Crippen LogP contribution is -2.21. The molecule has 0 bridgehead atoms. The molecule has 0 aromatic heterocycles. The Kier molecular flexibility index (Phi) is 36.0. The van der Waals surface area contributed by atoms with Gasteiger partial charge >= 0.3 is 11.9 Å². The molecule has 0 radical (unpaired) electrons. The Morgan fingerprint density at radius 2 is 0.511 bits per heavy atom. The third-order valence-electron chi connectivity index (χ3n) is 10.4. The van der Waals surface area contributed by atoms with Crippen LogP contribution in [0.3, 0.4) is 0 Å². The molecule has 0 heterocycles. The fourth-order valence-corrected chi connectivity index (χ4v) is 11.2. The van der Waals surface area contributed by atoms with Gasteiger partial charge < -0.3 is 10.2 Å². The third kappa shape index (κ3) is 34.9. The molecule has 0 atom stereocenters. The summed E-state index contributed by atoms with van der Waals surface area (Å²) in [5.74, 6) is 2.13. The molecule has 0 amide bonds. The highest BCUT2D eigenvalue weighted by Gasteiger charge is 2.25. The van der Waals surface area contributed by atoms with E-state index in [1.165, 1.54) is 193 Å². The lowest BCUT2D eigenvalue weighted by atomic mass is 10.0. The summed E-state index contributed by atoms with van der Waals surface area (Å²) in [5, 5.41) is 19.0. The Morgan fingerprint density at radius 1 is 0.319 bits per heavy atom. The Bertz CT molecular complexity index is 611. The summed E-state index contributed by atoms with van der Waals surface area (Å²) < 4.78 is 0. The fourth-order valence-electron chi connectivity index (χ4n) is 7.13. The van der Waals surface area contributed by atoms with E-state index in [1.807, 2.05) is 0 Å². The second kappa shape index (κ2) is 36.6. The van der Waals surface area contributed by atoms with Crippen molar-refractivity contribution in [1.82, 2.24) is 0 Å². The van der Waals surface area contributed by atoms with Crippen LogP contribution >= 0.6 is 10.0 Å². The van der Waals surface area contributed by atoms with Crippen LogP contribution in [0.15, 0.2) is 0 Å². The highest BCUT2D eigenvalue weighted by molar-refractivity contribution is 8.33. The summed E-state index contributed by atoms with van der Waals surface area (Å²) in [4.78, 5) is 23.1. The van der Waals surface area contributed by atoms with Crippen LogP contribution in [0.5, 0.6) is 0 Å². The van der Waals surface area contributed by atoms with Gasteiger partial charge in [-0.15, -0.1) is 0 Å². The minimum Gasteiger partial charge on any atom is -0.481 e. The van der Waals surface area contributed by atoms with Crippen LogP contribution in [0.25, 0.3) is 0 Å². The summed E-state index contributed by atoms with van der Waals surface area (Å²) in [6.07, 6.45) is 43.7. The highest BCUT2D eigenvalue weighted by Crippen LogP contribution is 2.51. The SMILES string of the molecule is CCCCCCCCCCCCCCCCCCS(CCCCCCCCCCCCCCCCCC)(CCC(=O)O)CCC(=O)O. The van der Waals surface area contributed by atoms with Gasteiger partial charge in [-0.05, 0) is 35.9 Å². The van der Waals surface area contributed by atoms with Crippen molar-refractivity contribution in [2.75, 3.05) is 23.0 Å². The molecule has 0 fully saturated rings. The van der Waals surface area contributed by atoms with Gasteiger partial charge in [0.25, 0.3) is 0 Å². The normalized spacial score (nSPS) is 12.1. The first-order valence-corrected chi connectivity index (χ1v) is 23.4. The molecular weight excluding hydrogens is 601 g/mol. The Hall–Kier alpha value is -0.710. The molecule has 5 heteroatoms. The maximum atomic E-state index is 11.5. The Balaban J connectivity index is 4.14. The molecule has 0 aliphatic carbocycles. The first-order valence-electron chi connectivity index (χ1n) is 21.1. The van der Waals surface area contributed by atoms with Crippen molar-refractivity contribution in [2.45, 2.75) is 232 Å². The van der Waals surface area contributed by atoms with Gasteiger partial charge in [0.1, 0.15) is 0 Å². The molecule has 0 aliphatic heterocycles. The number of hydrogen-bond acceptors (Lipinski definition) is 2. The highest BCUT2D eigenvalue weighted by atomic mass is 32.3. The van der Waals surface area contributed by atoms with E-state index in [9.17, 15) is 19.8 Å². The van der Waals surface area contributed by atoms with E-state index >= 15 is 0 Å². The number of hydrogen-bond donors (Lipinski definition) is 2. The molecule has 0 aromatic carbocycles. The van der Waals surface area contributed by atoms with Crippen LogP contribution in [0.2, 0.25) is 0 Å². The van der Waals surface area contributed by atoms with E-state index in [4.69, 9.17) is 0 Å². The topological polar surface area (TPSA) is 74.6 Å². The molecule has 47 heavy (non-hydrogen) atoms. The predicted molar refractivity (Wildman–Crippen MR) is 211 cm³/mol. The smallest absolute Gasteiger partial charge is 0.304 e. The van der Waals surface area contributed by atoms with E-state index in [-0.39, 0.29) is 12.8 Å². The average molecular weight is 685 g/mol. The summed E-state index contributed by atoms with van der Waals surface area (Å²) >= 11 is 0. The standard InChI is InChI=1S/C42H84O4S/c1-3-5-7-9-11-13-15-17-19-21-23-25-27-29-31-33-37-47(39-35-41(43)44,40-36-42(45)46)38-34-32-30-28-26-24-22-20-18-16-14-12-10-8-6-4-2/h3-40H2,1-2H3,(H,43,44)(H,45,46). The number of unbranched alkanes of at least 4 members (excludes halogenated alkanes) is 30. The van der Waals surface area contributed by atoms with E-state index < -0.39 is 22.0 Å². The van der Waals surface area contributed by atoms with Crippen molar-refractivity contribution in [3.05, 3.63) is 0 Å². The van der Waals surface area contributed by atoms with E-state index in [0.717, 1.165) is 24.3 Å². The van der Waals surface area contributed by atoms with Crippen LogP contribution in [0.4, 0.5) is 0 Å². The molecule has 0 aromatic rings. The molecule has 0 spiro atoms. The predicted octanol–water partition coefficient (Wildman–Crippen LogP) is 14.3. The number of aliphatic carboxylic acids is 2. The second-order valence-corrected chi connectivity index (χ2v) is 19.0. The van der Waals surface area contributed by atoms with Crippen molar-refractivity contribution < 1.29 is 19.8 Å². The lowest BCUT2D eigenvalue weighted by Gasteiger charge is -2.40. The molecular formula is C42H84O4S. The van der Waals surface area contributed by atoms with Crippen molar-refractivity contribution in [1.29, 1.82) is 0 Å². The monoisotopic (exact) mass is 685 g/mol. The van der Waals surface area contributed by atoms with Gasteiger partial charge in [0.05, 0.1) is 12.8 Å². The Morgan fingerprint density at radius 3 is 0.702 bits per heavy atom. The van der Waals surface area contributed by atoms with Crippen LogP contribution in [0, 0.1) is 0 Å². The minimum absolute atomic E-state index is 0.201. The maximum Gasteiger partial charge on any atom is 0.304 e. The molecule has 0 aliphatic rings. The quantitative estimate of drug-likeness (QED) is 0.0630. The molecule has 4 nitrogen and oxygen atoms in total. The van der Waals surface area contributed by atoms with Crippen molar-refractivity contribution in [2.24, 2.45) is 0 Å². The maximum absolute atomic E-state index is 11.5. The molecule has 282 valence electrons. The van der Waals surface area contributed by atoms with Gasteiger partial charge in [-0.2, -0.15) is 0 Å². The Labute approximate surface area is 296 Å². The van der Waals surface area contributed by atoms with Crippen LogP contribution in [-0.2, 0) is 9.59 Å². The van der Waals surface area contributed by atoms with Crippen molar-refractivity contribution in [3.8, 4) is 0 Å². The van der Waals surface area contributed by atoms with Gasteiger partial charge in [0.15, 0.2) is 0 Å². The molecule has 0 saturated heterocycles. The van der Waals surface area contributed by atoms with Crippen LogP contribution in [-0.4, -0.2) is 45.2 Å². The van der Waals surface area contributed by atoms with Crippen LogP contribution in [0.1, 0.15) is 232 Å². The number of carboxylic acid groups (broad SMARTS) is 2. The van der Waals surface area contributed by atoms with Gasteiger partial charge in [-0.25, -0.2) is 10.0 Å². The molecule has 0 rings (SSSR count). The van der Waals surface area contributed by atoms with E-state index in [0.29, 0.717) is 11.5 Å². The first kappa shape index (κ1) is 46.3. The molecule has 0 unspecified atom stereocenters. The molecule has 2 N–H and O–H groups in total. The minimum atomic E-state index is -1.19. The van der Waals surface area contributed by atoms with Crippen LogP contribution < -0.4 is 0 Å². The third-order valence-corrected chi connectivity index (χ3v) is 14.8. The summed E-state index contributed by atoms with van der Waals surface area (Å²) in [7, 11) is -1.19. The van der Waals surface area contributed by atoms with Gasteiger partial charge in [0, 0.05) is 0 Å². The zero-order valence-corrected chi connectivity index (χ0v) is 32.8. The van der Waals surface area contributed by atoms with E-state index in [2.05, 4.69) is 13.8 Å². The average Bonchev–Trinajstić information content (AvgIpc) is 3.05.